The Kier molecular flexibility index (Phi) is 4.76. The summed E-state index contributed by atoms with van der Waals surface area (Å²) >= 11 is 0. The van der Waals surface area contributed by atoms with Crippen LogP contribution in [0, 0.1) is 12.8 Å². The van der Waals surface area contributed by atoms with E-state index >= 15 is 0 Å². The molecule has 2 rings (SSSR count). The molecule has 1 saturated heterocycles. The van der Waals surface area contributed by atoms with E-state index < -0.39 is 0 Å². The highest BCUT2D eigenvalue weighted by molar-refractivity contribution is 5.79. The van der Waals surface area contributed by atoms with Gasteiger partial charge in [-0.15, -0.1) is 0 Å². The highest BCUT2D eigenvalue weighted by Gasteiger charge is 2.28. The lowest BCUT2D eigenvalue weighted by molar-refractivity contribution is -0.151. The number of carbonyl (C=O) groups excluding carboxylic acids is 2. The van der Waals surface area contributed by atoms with Crippen LogP contribution in [0.4, 0.5) is 0 Å². The molecule has 0 atom stereocenters. The van der Waals surface area contributed by atoms with Crippen molar-refractivity contribution in [2.75, 3.05) is 19.7 Å². The standard InChI is InChI=1S/C14H20N2O4/c1-3-19-14(18)11-4-6-16(7-5-11)13(17)9-12-8-10(2)20-15-12/h8,11H,3-7,9H2,1-2H3. The number of hydrogen-bond acceptors (Lipinski definition) is 5. The van der Waals surface area contributed by atoms with Gasteiger partial charge < -0.3 is 14.2 Å². The van der Waals surface area contributed by atoms with Crippen molar-refractivity contribution in [2.45, 2.75) is 33.1 Å². The Hall–Kier alpha value is -1.85. The number of carbonyl (C=O) groups is 2. The highest BCUT2D eigenvalue weighted by atomic mass is 16.5. The van der Waals surface area contributed by atoms with Gasteiger partial charge in [0.1, 0.15) is 5.76 Å². The van der Waals surface area contributed by atoms with E-state index in [1.807, 2.05) is 0 Å². The Labute approximate surface area is 118 Å². The van der Waals surface area contributed by atoms with Crippen molar-refractivity contribution < 1.29 is 18.8 Å². The Morgan fingerprint density at radius 1 is 1.45 bits per heavy atom. The van der Waals surface area contributed by atoms with Crippen LogP contribution in [0.3, 0.4) is 0 Å². The molecular formula is C14H20N2O4. The van der Waals surface area contributed by atoms with Gasteiger partial charge in [-0.2, -0.15) is 0 Å². The van der Waals surface area contributed by atoms with Gasteiger partial charge in [-0.1, -0.05) is 5.16 Å². The van der Waals surface area contributed by atoms with Crippen LogP contribution in [-0.4, -0.2) is 41.6 Å². The van der Waals surface area contributed by atoms with E-state index in [1.165, 1.54) is 0 Å². The Bertz CT molecular complexity index is 475. The van der Waals surface area contributed by atoms with Gasteiger partial charge in [0.15, 0.2) is 0 Å². The zero-order valence-corrected chi connectivity index (χ0v) is 11.9. The van der Waals surface area contributed by atoms with Gasteiger partial charge >= 0.3 is 5.97 Å². The summed E-state index contributed by atoms with van der Waals surface area (Å²) in [7, 11) is 0. The topological polar surface area (TPSA) is 72.6 Å². The van der Waals surface area contributed by atoms with Crippen molar-refractivity contribution in [3.05, 3.63) is 17.5 Å². The first-order valence-electron chi connectivity index (χ1n) is 6.96. The molecule has 1 aromatic rings. The van der Waals surface area contributed by atoms with Crippen LogP contribution in [0.25, 0.3) is 0 Å². The molecule has 1 aliphatic heterocycles. The Morgan fingerprint density at radius 3 is 2.70 bits per heavy atom. The molecule has 0 spiro atoms. The number of ether oxygens (including phenoxy) is 1. The fourth-order valence-electron chi connectivity index (χ4n) is 2.39. The monoisotopic (exact) mass is 280 g/mol. The lowest BCUT2D eigenvalue weighted by Gasteiger charge is -2.30. The number of aryl methyl sites for hydroxylation is 1. The molecule has 110 valence electrons. The summed E-state index contributed by atoms with van der Waals surface area (Å²) in [5, 5.41) is 3.82. The molecule has 0 radical (unpaired) electrons. The Morgan fingerprint density at radius 2 is 2.15 bits per heavy atom. The molecule has 1 aromatic heterocycles. The SMILES string of the molecule is CCOC(=O)C1CCN(C(=O)Cc2cc(C)on2)CC1. The summed E-state index contributed by atoms with van der Waals surface area (Å²) in [6.45, 7) is 5.20. The van der Waals surface area contributed by atoms with Crippen LogP contribution in [0.5, 0.6) is 0 Å². The maximum atomic E-state index is 12.1. The minimum absolute atomic E-state index is 0.0283. The molecule has 6 nitrogen and oxygen atoms in total. The predicted molar refractivity (Wildman–Crippen MR) is 70.9 cm³/mol. The molecule has 1 amide bonds. The minimum atomic E-state index is -0.147. The molecule has 20 heavy (non-hydrogen) atoms. The molecule has 2 heterocycles. The molecule has 1 aliphatic rings. The number of likely N-dealkylation sites (tertiary alicyclic amines) is 1. The lowest BCUT2D eigenvalue weighted by atomic mass is 9.97. The van der Waals surface area contributed by atoms with E-state index in [0.29, 0.717) is 44.0 Å². The van der Waals surface area contributed by atoms with Gasteiger partial charge in [-0.3, -0.25) is 9.59 Å². The van der Waals surface area contributed by atoms with E-state index in [-0.39, 0.29) is 24.2 Å². The molecule has 0 unspecified atom stereocenters. The average molecular weight is 280 g/mol. The van der Waals surface area contributed by atoms with Crippen molar-refractivity contribution in [2.24, 2.45) is 5.92 Å². The van der Waals surface area contributed by atoms with Gasteiger partial charge in [-0.05, 0) is 26.7 Å². The van der Waals surface area contributed by atoms with E-state index in [9.17, 15) is 9.59 Å². The molecule has 1 fully saturated rings. The van der Waals surface area contributed by atoms with E-state index in [4.69, 9.17) is 9.26 Å². The second-order valence-corrected chi connectivity index (χ2v) is 5.01. The van der Waals surface area contributed by atoms with E-state index in [0.717, 1.165) is 0 Å². The van der Waals surface area contributed by atoms with Crippen molar-refractivity contribution in [3.63, 3.8) is 0 Å². The summed E-state index contributed by atoms with van der Waals surface area (Å²) < 4.78 is 9.96. The third-order valence-electron chi connectivity index (χ3n) is 3.48. The van der Waals surface area contributed by atoms with Crippen molar-refractivity contribution in [1.29, 1.82) is 0 Å². The number of nitrogens with zero attached hydrogens (tertiary/aromatic N) is 2. The number of piperidine rings is 1. The first-order chi connectivity index (χ1) is 9.60. The zero-order valence-electron chi connectivity index (χ0n) is 11.9. The van der Waals surface area contributed by atoms with E-state index in [1.54, 1.807) is 24.8 Å². The molecular weight excluding hydrogens is 260 g/mol. The van der Waals surface area contributed by atoms with Crippen LogP contribution in [-0.2, 0) is 20.7 Å². The second-order valence-electron chi connectivity index (χ2n) is 5.01. The first-order valence-corrected chi connectivity index (χ1v) is 6.96. The second kappa shape index (κ2) is 6.54. The van der Waals surface area contributed by atoms with Crippen LogP contribution in [0.1, 0.15) is 31.2 Å². The smallest absolute Gasteiger partial charge is 0.309 e. The zero-order chi connectivity index (χ0) is 14.5. The third kappa shape index (κ3) is 3.59. The summed E-state index contributed by atoms with van der Waals surface area (Å²) in [4.78, 5) is 25.5. The number of esters is 1. The van der Waals surface area contributed by atoms with Gasteiger partial charge in [0.2, 0.25) is 5.91 Å². The largest absolute Gasteiger partial charge is 0.466 e. The van der Waals surface area contributed by atoms with Gasteiger partial charge in [0.25, 0.3) is 0 Å². The number of amides is 1. The van der Waals surface area contributed by atoms with Crippen molar-refractivity contribution in [1.82, 2.24) is 10.1 Å². The minimum Gasteiger partial charge on any atom is -0.466 e. The number of rotatable bonds is 4. The maximum absolute atomic E-state index is 12.1. The molecule has 0 bridgehead atoms. The van der Waals surface area contributed by atoms with Crippen LogP contribution >= 0.6 is 0 Å². The maximum Gasteiger partial charge on any atom is 0.309 e. The van der Waals surface area contributed by atoms with Crippen LogP contribution in [0.15, 0.2) is 10.6 Å². The fourth-order valence-corrected chi connectivity index (χ4v) is 2.39. The lowest BCUT2D eigenvalue weighted by Crippen LogP contribution is -2.41. The first kappa shape index (κ1) is 14.6. The molecule has 0 aromatic carbocycles. The average Bonchev–Trinajstić information content (AvgIpc) is 2.84. The molecule has 6 heteroatoms. The van der Waals surface area contributed by atoms with Crippen molar-refractivity contribution >= 4 is 11.9 Å². The summed E-state index contributed by atoms with van der Waals surface area (Å²) in [5.74, 6) is 0.509. The number of hydrogen-bond donors (Lipinski definition) is 0. The van der Waals surface area contributed by atoms with Crippen LogP contribution < -0.4 is 0 Å². The Balaban J connectivity index is 1.81. The molecule has 0 aliphatic carbocycles. The predicted octanol–water partition coefficient (Wildman–Crippen LogP) is 1.33. The highest BCUT2D eigenvalue weighted by Crippen LogP contribution is 2.19. The van der Waals surface area contributed by atoms with Crippen molar-refractivity contribution in [3.8, 4) is 0 Å². The van der Waals surface area contributed by atoms with Gasteiger partial charge in [-0.25, -0.2) is 0 Å². The molecule has 0 saturated carbocycles. The molecule has 0 N–H and O–H groups in total. The number of aromatic nitrogens is 1. The van der Waals surface area contributed by atoms with Crippen LogP contribution in [0.2, 0.25) is 0 Å². The summed E-state index contributed by atoms with van der Waals surface area (Å²) in [6.07, 6.45) is 1.59. The summed E-state index contributed by atoms with van der Waals surface area (Å²) in [6, 6.07) is 1.77. The normalized spacial score (nSPS) is 16.2. The van der Waals surface area contributed by atoms with E-state index in [2.05, 4.69) is 5.16 Å². The van der Waals surface area contributed by atoms with Gasteiger partial charge in [0.05, 0.1) is 24.6 Å². The third-order valence-corrected chi connectivity index (χ3v) is 3.48. The summed E-state index contributed by atoms with van der Waals surface area (Å²) in [5.41, 5.74) is 0.653. The van der Waals surface area contributed by atoms with Gasteiger partial charge in [0, 0.05) is 19.2 Å². The quantitative estimate of drug-likeness (QED) is 0.778. The fraction of sp³-hybridized carbons (Fsp3) is 0.643.